The SMILES string of the molecule is CCCCCC(O)c1ccccc1N1CCC(=O)C1CCCc1ccccc1. The van der Waals surface area contributed by atoms with Crippen molar-refractivity contribution in [1.82, 2.24) is 0 Å². The van der Waals surface area contributed by atoms with Crippen molar-refractivity contribution in [3.8, 4) is 0 Å². The molecule has 3 rings (SSSR count). The van der Waals surface area contributed by atoms with E-state index in [2.05, 4.69) is 42.2 Å². The molecule has 2 aromatic carbocycles. The molecule has 0 aromatic heterocycles. The first-order chi connectivity index (χ1) is 13.7. The van der Waals surface area contributed by atoms with Crippen LogP contribution in [0.1, 0.15) is 69.1 Å². The maximum absolute atomic E-state index is 12.6. The van der Waals surface area contributed by atoms with Crippen LogP contribution in [0.15, 0.2) is 54.6 Å². The second-order valence-corrected chi connectivity index (χ2v) is 7.87. The number of aliphatic hydroxyl groups is 1. The van der Waals surface area contributed by atoms with Crippen LogP contribution < -0.4 is 4.90 Å². The van der Waals surface area contributed by atoms with Gasteiger partial charge in [-0.25, -0.2) is 0 Å². The lowest BCUT2D eigenvalue weighted by atomic mass is 9.99. The van der Waals surface area contributed by atoms with Gasteiger partial charge in [0.1, 0.15) is 0 Å². The van der Waals surface area contributed by atoms with E-state index in [9.17, 15) is 9.90 Å². The van der Waals surface area contributed by atoms with Crippen LogP contribution in [0, 0.1) is 0 Å². The molecule has 28 heavy (non-hydrogen) atoms. The molecule has 1 aliphatic heterocycles. The molecule has 0 radical (unpaired) electrons. The van der Waals surface area contributed by atoms with Crippen molar-refractivity contribution in [1.29, 1.82) is 0 Å². The first kappa shape index (κ1) is 20.6. The summed E-state index contributed by atoms with van der Waals surface area (Å²) in [7, 11) is 0. The zero-order valence-corrected chi connectivity index (χ0v) is 17.0. The summed E-state index contributed by atoms with van der Waals surface area (Å²) in [6, 6.07) is 18.5. The minimum Gasteiger partial charge on any atom is -0.388 e. The fraction of sp³-hybridized carbons (Fsp3) is 0.480. The highest BCUT2D eigenvalue weighted by Crippen LogP contribution is 2.34. The summed E-state index contributed by atoms with van der Waals surface area (Å²) in [5.41, 5.74) is 3.34. The normalized spacial score (nSPS) is 17.9. The second kappa shape index (κ2) is 10.4. The van der Waals surface area contributed by atoms with E-state index >= 15 is 0 Å². The van der Waals surface area contributed by atoms with Crippen LogP contribution in [0.5, 0.6) is 0 Å². The minimum atomic E-state index is -0.455. The first-order valence-electron chi connectivity index (χ1n) is 10.8. The number of aryl methyl sites for hydroxylation is 1. The summed E-state index contributed by atoms with van der Waals surface area (Å²) >= 11 is 0. The molecule has 1 heterocycles. The van der Waals surface area contributed by atoms with E-state index in [4.69, 9.17) is 0 Å². The minimum absolute atomic E-state index is 0.0623. The molecular weight excluding hydrogens is 346 g/mol. The number of Topliss-reactive ketones (excluding diaryl/α,β-unsaturated/α-hetero) is 1. The first-order valence-corrected chi connectivity index (χ1v) is 10.8. The van der Waals surface area contributed by atoms with Crippen LogP contribution in [0.25, 0.3) is 0 Å². The average Bonchev–Trinajstić information content (AvgIpc) is 3.09. The van der Waals surface area contributed by atoms with Crippen LogP contribution in [0.3, 0.4) is 0 Å². The third-order valence-corrected chi connectivity index (χ3v) is 5.82. The molecule has 2 unspecified atom stereocenters. The van der Waals surface area contributed by atoms with Crippen molar-refractivity contribution in [3.63, 3.8) is 0 Å². The Balaban J connectivity index is 1.68. The lowest BCUT2D eigenvalue weighted by Crippen LogP contribution is -2.34. The van der Waals surface area contributed by atoms with E-state index in [1.54, 1.807) is 0 Å². The van der Waals surface area contributed by atoms with Crippen molar-refractivity contribution < 1.29 is 9.90 Å². The van der Waals surface area contributed by atoms with Gasteiger partial charge in [-0.1, -0.05) is 74.7 Å². The standard InChI is InChI=1S/C25H33NO2/c1-2-3-5-17-24(27)21-14-8-9-15-22(21)26-19-18-25(28)23(26)16-10-13-20-11-6-4-7-12-20/h4,6-9,11-12,14-15,23-24,27H,2-3,5,10,13,16-19H2,1H3. The van der Waals surface area contributed by atoms with Crippen LogP contribution >= 0.6 is 0 Å². The monoisotopic (exact) mass is 379 g/mol. The van der Waals surface area contributed by atoms with Gasteiger partial charge in [-0.3, -0.25) is 4.79 Å². The highest BCUT2D eigenvalue weighted by molar-refractivity contribution is 5.91. The van der Waals surface area contributed by atoms with Gasteiger partial charge in [0.2, 0.25) is 0 Å². The van der Waals surface area contributed by atoms with Gasteiger partial charge in [0.25, 0.3) is 0 Å². The van der Waals surface area contributed by atoms with Crippen LogP contribution in [0.4, 0.5) is 5.69 Å². The van der Waals surface area contributed by atoms with Crippen LogP contribution in [0.2, 0.25) is 0 Å². The molecule has 0 spiro atoms. The number of hydrogen-bond donors (Lipinski definition) is 1. The largest absolute Gasteiger partial charge is 0.388 e. The number of ketones is 1. The lowest BCUT2D eigenvalue weighted by molar-refractivity contribution is -0.118. The summed E-state index contributed by atoms with van der Waals surface area (Å²) in [6.45, 7) is 2.93. The van der Waals surface area contributed by atoms with E-state index in [1.165, 1.54) is 5.56 Å². The van der Waals surface area contributed by atoms with Gasteiger partial charge < -0.3 is 10.0 Å². The topological polar surface area (TPSA) is 40.5 Å². The molecule has 0 bridgehead atoms. The van der Waals surface area contributed by atoms with Crippen LogP contribution in [-0.4, -0.2) is 23.5 Å². The molecule has 0 aliphatic carbocycles. The van der Waals surface area contributed by atoms with E-state index in [1.807, 2.05) is 24.3 Å². The molecule has 2 aromatic rings. The van der Waals surface area contributed by atoms with E-state index in [0.717, 1.165) is 62.7 Å². The average molecular weight is 380 g/mol. The summed E-state index contributed by atoms with van der Waals surface area (Å²) < 4.78 is 0. The highest BCUT2D eigenvalue weighted by Gasteiger charge is 2.33. The number of carbonyl (C=O) groups excluding carboxylic acids is 1. The Hall–Kier alpha value is -2.13. The van der Waals surface area contributed by atoms with Gasteiger partial charge in [0.05, 0.1) is 12.1 Å². The highest BCUT2D eigenvalue weighted by atomic mass is 16.3. The molecule has 2 atom stereocenters. The van der Waals surface area contributed by atoms with Gasteiger partial charge in [-0.05, 0) is 37.3 Å². The van der Waals surface area contributed by atoms with E-state index in [-0.39, 0.29) is 6.04 Å². The Bertz CT molecular complexity index is 743. The Morgan fingerprint density at radius 2 is 1.79 bits per heavy atom. The predicted molar refractivity (Wildman–Crippen MR) is 116 cm³/mol. The molecule has 3 nitrogen and oxygen atoms in total. The van der Waals surface area contributed by atoms with Gasteiger partial charge in [-0.2, -0.15) is 0 Å². The third-order valence-electron chi connectivity index (χ3n) is 5.82. The van der Waals surface area contributed by atoms with E-state index in [0.29, 0.717) is 12.2 Å². The Kier molecular flexibility index (Phi) is 7.67. The number of rotatable bonds is 10. The molecule has 1 fully saturated rings. The molecule has 0 saturated carbocycles. The summed E-state index contributed by atoms with van der Waals surface area (Å²) in [6.07, 6.45) is 7.13. The molecule has 1 N–H and O–H groups in total. The number of aliphatic hydroxyl groups excluding tert-OH is 1. The molecule has 1 saturated heterocycles. The summed E-state index contributed by atoms with van der Waals surface area (Å²) in [4.78, 5) is 14.8. The summed E-state index contributed by atoms with van der Waals surface area (Å²) in [5.74, 6) is 0.336. The lowest BCUT2D eigenvalue weighted by Gasteiger charge is -2.29. The number of benzene rings is 2. The summed E-state index contributed by atoms with van der Waals surface area (Å²) in [5, 5.41) is 10.8. The quantitative estimate of drug-likeness (QED) is 0.556. The number of unbranched alkanes of at least 4 members (excludes halogenated alkanes) is 2. The van der Waals surface area contributed by atoms with Gasteiger partial charge in [0.15, 0.2) is 5.78 Å². The Labute approximate surface area is 169 Å². The van der Waals surface area contributed by atoms with Crippen molar-refractivity contribution in [2.45, 2.75) is 70.4 Å². The van der Waals surface area contributed by atoms with Crippen molar-refractivity contribution >= 4 is 11.5 Å². The second-order valence-electron chi connectivity index (χ2n) is 7.87. The molecular formula is C25H33NO2. The number of anilines is 1. The zero-order valence-electron chi connectivity index (χ0n) is 17.0. The molecule has 150 valence electrons. The van der Waals surface area contributed by atoms with Gasteiger partial charge in [0, 0.05) is 24.2 Å². The fourth-order valence-electron chi connectivity index (χ4n) is 4.25. The zero-order chi connectivity index (χ0) is 19.8. The van der Waals surface area contributed by atoms with Gasteiger partial charge in [-0.15, -0.1) is 0 Å². The predicted octanol–water partition coefficient (Wildman–Crippen LogP) is 5.47. The van der Waals surface area contributed by atoms with Crippen molar-refractivity contribution in [3.05, 3.63) is 65.7 Å². The molecule has 1 aliphatic rings. The Morgan fingerprint density at radius 3 is 2.57 bits per heavy atom. The Morgan fingerprint density at radius 1 is 1.04 bits per heavy atom. The van der Waals surface area contributed by atoms with E-state index < -0.39 is 6.10 Å². The fourth-order valence-corrected chi connectivity index (χ4v) is 4.25. The van der Waals surface area contributed by atoms with Crippen LogP contribution in [-0.2, 0) is 11.2 Å². The smallest absolute Gasteiger partial charge is 0.156 e. The number of para-hydroxylation sites is 1. The maximum atomic E-state index is 12.6. The van der Waals surface area contributed by atoms with Gasteiger partial charge >= 0.3 is 0 Å². The third kappa shape index (κ3) is 5.23. The number of carbonyl (C=O) groups is 1. The maximum Gasteiger partial charge on any atom is 0.156 e. The molecule has 3 heteroatoms. The number of hydrogen-bond acceptors (Lipinski definition) is 3. The number of nitrogens with zero attached hydrogens (tertiary/aromatic N) is 1. The van der Waals surface area contributed by atoms with Crippen molar-refractivity contribution in [2.75, 3.05) is 11.4 Å². The molecule has 0 amide bonds. The van der Waals surface area contributed by atoms with Crippen molar-refractivity contribution in [2.24, 2.45) is 0 Å².